The molecule has 1 unspecified atom stereocenters. The van der Waals surface area contributed by atoms with Gasteiger partial charge < -0.3 is 10.2 Å². The number of rotatable bonds is 12. The Labute approximate surface area is 125 Å². The molecule has 1 atom stereocenters. The van der Waals surface area contributed by atoms with Gasteiger partial charge in [0.1, 0.15) is 0 Å². The van der Waals surface area contributed by atoms with E-state index in [0.717, 1.165) is 25.9 Å². The van der Waals surface area contributed by atoms with Crippen LogP contribution in [-0.4, -0.2) is 57.8 Å². The molecule has 2 N–H and O–H groups in total. The fraction of sp³-hybridized carbons (Fsp3) is 1.00. The molecule has 0 aliphatic heterocycles. The average Bonchev–Trinajstić information content (AvgIpc) is 2.36. The Balaban J connectivity index is 3.74. The SMILES string of the molecule is CCC(C)N(C)CCNS(=O)(=O)CCCCNC(C)C. The highest BCUT2D eigenvalue weighted by Gasteiger charge is 2.11. The highest BCUT2D eigenvalue weighted by atomic mass is 32.2. The Kier molecular flexibility index (Phi) is 10.5. The number of hydrogen-bond acceptors (Lipinski definition) is 4. The molecule has 0 saturated heterocycles. The summed E-state index contributed by atoms with van der Waals surface area (Å²) in [7, 11) is -1.09. The Bertz CT molecular complexity index is 331. The number of nitrogens with one attached hydrogen (secondary N) is 2. The van der Waals surface area contributed by atoms with E-state index >= 15 is 0 Å². The zero-order valence-corrected chi connectivity index (χ0v) is 14.6. The molecule has 6 heteroatoms. The van der Waals surface area contributed by atoms with Crippen LogP contribution in [0.1, 0.15) is 47.0 Å². The van der Waals surface area contributed by atoms with E-state index in [1.54, 1.807) is 0 Å². The predicted molar refractivity (Wildman–Crippen MR) is 86.5 cm³/mol. The molecule has 0 aromatic rings. The van der Waals surface area contributed by atoms with Crippen molar-refractivity contribution in [3.05, 3.63) is 0 Å². The first-order chi connectivity index (χ1) is 9.28. The van der Waals surface area contributed by atoms with Crippen LogP contribution >= 0.6 is 0 Å². The minimum absolute atomic E-state index is 0.222. The van der Waals surface area contributed by atoms with Gasteiger partial charge in [-0.2, -0.15) is 0 Å². The van der Waals surface area contributed by atoms with Crippen LogP contribution < -0.4 is 10.0 Å². The van der Waals surface area contributed by atoms with Crippen molar-refractivity contribution in [1.29, 1.82) is 0 Å². The predicted octanol–water partition coefficient (Wildman–Crippen LogP) is 1.41. The fourth-order valence-corrected chi connectivity index (χ4v) is 2.92. The van der Waals surface area contributed by atoms with Crippen molar-refractivity contribution in [1.82, 2.24) is 14.9 Å². The first-order valence-electron chi connectivity index (χ1n) is 7.69. The third-order valence-electron chi connectivity index (χ3n) is 3.52. The van der Waals surface area contributed by atoms with E-state index in [9.17, 15) is 8.42 Å². The molecule has 0 aromatic heterocycles. The van der Waals surface area contributed by atoms with Gasteiger partial charge in [0.2, 0.25) is 10.0 Å². The number of likely N-dealkylation sites (N-methyl/N-ethyl adjacent to an activating group) is 1. The molecule has 122 valence electrons. The molecule has 0 radical (unpaired) electrons. The highest BCUT2D eigenvalue weighted by molar-refractivity contribution is 7.89. The summed E-state index contributed by atoms with van der Waals surface area (Å²) in [5, 5.41) is 3.29. The van der Waals surface area contributed by atoms with Gasteiger partial charge in [-0.1, -0.05) is 20.8 Å². The van der Waals surface area contributed by atoms with Crippen molar-refractivity contribution in [2.24, 2.45) is 0 Å². The van der Waals surface area contributed by atoms with Gasteiger partial charge in [-0.15, -0.1) is 0 Å². The number of unbranched alkanes of at least 4 members (excludes halogenated alkanes) is 1. The first-order valence-corrected chi connectivity index (χ1v) is 9.34. The van der Waals surface area contributed by atoms with Crippen LogP contribution in [0.25, 0.3) is 0 Å². The molecule has 5 nitrogen and oxygen atoms in total. The standard InChI is InChI=1S/C14H33N3O2S/c1-6-14(4)17(5)11-10-16-20(18,19)12-8-7-9-15-13(2)3/h13-16H,6-12H2,1-5H3. The largest absolute Gasteiger partial charge is 0.315 e. The molecule has 0 rings (SSSR count). The molecule has 0 fully saturated rings. The lowest BCUT2D eigenvalue weighted by Crippen LogP contribution is -2.37. The van der Waals surface area contributed by atoms with Gasteiger partial charge in [0.25, 0.3) is 0 Å². The maximum absolute atomic E-state index is 11.8. The average molecular weight is 308 g/mol. The van der Waals surface area contributed by atoms with E-state index in [1.807, 2.05) is 7.05 Å². The molecule has 0 aliphatic carbocycles. The van der Waals surface area contributed by atoms with Gasteiger partial charge in [0.05, 0.1) is 5.75 Å². The van der Waals surface area contributed by atoms with Gasteiger partial charge >= 0.3 is 0 Å². The number of sulfonamides is 1. The second kappa shape index (κ2) is 10.5. The zero-order valence-electron chi connectivity index (χ0n) is 13.8. The molecule has 20 heavy (non-hydrogen) atoms. The monoisotopic (exact) mass is 307 g/mol. The normalized spacial score (nSPS) is 14.2. The number of hydrogen-bond donors (Lipinski definition) is 2. The van der Waals surface area contributed by atoms with Gasteiger partial charge in [-0.3, -0.25) is 0 Å². The van der Waals surface area contributed by atoms with Crippen molar-refractivity contribution in [3.8, 4) is 0 Å². The summed E-state index contributed by atoms with van der Waals surface area (Å²) >= 11 is 0. The summed E-state index contributed by atoms with van der Waals surface area (Å²) in [4.78, 5) is 2.18. The summed E-state index contributed by atoms with van der Waals surface area (Å²) in [5.74, 6) is 0.222. The van der Waals surface area contributed by atoms with Crippen molar-refractivity contribution in [2.45, 2.75) is 59.0 Å². The zero-order chi connectivity index (χ0) is 15.6. The Morgan fingerprint density at radius 1 is 1.10 bits per heavy atom. The molecule has 0 bridgehead atoms. The third-order valence-corrected chi connectivity index (χ3v) is 4.99. The highest BCUT2D eigenvalue weighted by Crippen LogP contribution is 1.99. The molecule has 0 aromatic carbocycles. The quantitative estimate of drug-likeness (QED) is 0.535. The van der Waals surface area contributed by atoms with Crippen LogP contribution in [0.2, 0.25) is 0 Å². The molecular formula is C14H33N3O2S. The molecule has 0 amide bonds. The van der Waals surface area contributed by atoms with Crippen LogP contribution in [0.3, 0.4) is 0 Å². The Hall–Kier alpha value is -0.170. The summed E-state index contributed by atoms with van der Waals surface area (Å²) < 4.78 is 26.3. The lowest BCUT2D eigenvalue weighted by atomic mass is 10.2. The van der Waals surface area contributed by atoms with Crippen LogP contribution in [-0.2, 0) is 10.0 Å². The Morgan fingerprint density at radius 3 is 2.30 bits per heavy atom. The second-order valence-corrected chi connectivity index (χ2v) is 7.69. The summed E-state index contributed by atoms with van der Waals surface area (Å²) in [6.45, 7) is 10.6. The van der Waals surface area contributed by atoms with E-state index in [4.69, 9.17) is 0 Å². The van der Waals surface area contributed by atoms with Crippen LogP contribution in [0, 0.1) is 0 Å². The molecule has 0 aliphatic rings. The lowest BCUT2D eigenvalue weighted by molar-refractivity contribution is 0.256. The Morgan fingerprint density at radius 2 is 1.75 bits per heavy atom. The smallest absolute Gasteiger partial charge is 0.211 e. The van der Waals surface area contributed by atoms with Crippen LogP contribution in [0.5, 0.6) is 0 Å². The molecule has 0 heterocycles. The second-order valence-electron chi connectivity index (χ2n) is 5.77. The first kappa shape index (κ1) is 19.8. The van der Waals surface area contributed by atoms with Crippen molar-refractivity contribution < 1.29 is 8.42 Å². The van der Waals surface area contributed by atoms with Crippen LogP contribution in [0.15, 0.2) is 0 Å². The van der Waals surface area contributed by atoms with Gasteiger partial charge in [0, 0.05) is 25.2 Å². The number of nitrogens with zero attached hydrogens (tertiary/aromatic N) is 1. The van der Waals surface area contributed by atoms with Gasteiger partial charge in [0.15, 0.2) is 0 Å². The minimum atomic E-state index is -3.11. The van der Waals surface area contributed by atoms with E-state index in [-0.39, 0.29) is 5.75 Å². The maximum atomic E-state index is 11.8. The molecule has 0 saturated carbocycles. The summed E-state index contributed by atoms with van der Waals surface area (Å²) in [6, 6.07) is 0.947. The van der Waals surface area contributed by atoms with E-state index in [0.29, 0.717) is 25.0 Å². The summed E-state index contributed by atoms with van der Waals surface area (Å²) in [6.07, 6.45) is 2.67. The van der Waals surface area contributed by atoms with Gasteiger partial charge in [-0.05, 0) is 39.8 Å². The van der Waals surface area contributed by atoms with E-state index in [2.05, 4.69) is 42.6 Å². The van der Waals surface area contributed by atoms with E-state index < -0.39 is 10.0 Å². The van der Waals surface area contributed by atoms with Crippen molar-refractivity contribution >= 4 is 10.0 Å². The topological polar surface area (TPSA) is 61.4 Å². The van der Waals surface area contributed by atoms with Crippen LogP contribution in [0.4, 0.5) is 0 Å². The minimum Gasteiger partial charge on any atom is -0.315 e. The van der Waals surface area contributed by atoms with E-state index in [1.165, 1.54) is 0 Å². The summed E-state index contributed by atoms with van der Waals surface area (Å²) in [5.41, 5.74) is 0. The molecular weight excluding hydrogens is 274 g/mol. The molecule has 0 spiro atoms. The maximum Gasteiger partial charge on any atom is 0.211 e. The fourth-order valence-electron chi connectivity index (χ4n) is 1.79. The third kappa shape index (κ3) is 10.6. The van der Waals surface area contributed by atoms with Crippen molar-refractivity contribution in [2.75, 3.05) is 32.4 Å². The van der Waals surface area contributed by atoms with Gasteiger partial charge in [-0.25, -0.2) is 13.1 Å². The van der Waals surface area contributed by atoms with Crippen molar-refractivity contribution in [3.63, 3.8) is 0 Å². The lowest BCUT2D eigenvalue weighted by Gasteiger charge is -2.23.